The number of alkyl halides is 3. The standard InChI is InChI=1S/C13H13F3O.C13H18.C6H9ClO.CH4/c1-4-10(11-5-6-17-8-11)7-12(9(2)3)13(14,15)16;1-11-7-9-13(10-8-11)12-5-3-2-4-6-12;1-4(5(2)7)6(3)8;/h4-8H,2H2,1,3H3;2-6,11,13H,7-10H2,1H3;1-3H3;1H4/b10-4+,12-7+;;5-4-;. The maximum atomic E-state index is 12.7. The molecule has 0 bridgehead atoms. The Morgan fingerprint density at radius 2 is 1.59 bits per heavy atom. The first-order valence-corrected chi connectivity index (χ1v) is 13.2. The van der Waals surface area contributed by atoms with Crippen molar-refractivity contribution in [2.75, 3.05) is 0 Å². The molecule has 6 heteroatoms. The minimum Gasteiger partial charge on any atom is -0.472 e. The van der Waals surface area contributed by atoms with Gasteiger partial charge in [-0.3, -0.25) is 4.79 Å². The highest BCUT2D eigenvalue weighted by Crippen LogP contribution is 2.35. The molecule has 3 rings (SSSR count). The van der Waals surface area contributed by atoms with Crippen molar-refractivity contribution in [3.63, 3.8) is 0 Å². The van der Waals surface area contributed by atoms with Crippen LogP contribution in [0.5, 0.6) is 0 Å². The molecule has 0 radical (unpaired) electrons. The van der Waals surface area contributed by atoms with Crippen LogP contribution in [0.25, 0.3) is 5.57 Å². The topological polar surface area (TPSA) is 30.2 Å². The summed E-state index contributed by atoms with van der Waals surface area (Å²) in [6.45, 7) is 13.7. The molecule has 0 N–H and O–H groups in total. The number of carbonyl (C=O) groups excluding carboxylic acids is 1. The lowest BCUT2D eigenvalue weighted by atomic mass is 9.79. The average Bonchev–Trinajstić information content (AvgIpc) is 3.39. The molecule has 1 saturated carbocycles. The number of hydrogen-bond acceptors (Lipinski definition) is 2. The van der Waals surface area contributed by atoms with Crippen LogP contribution in [0.1, 0.15) is 91.7 Å². The van der Waals surface area contributed by atoms with Crippen molar-refractivity contribution in [2.24, 2.45) is 5.92 Å². The van der Waals surface area contributed by atoms with Crippen molar-refractivity contribution in [2.45, 2.75) is 86.7 Å². The van der Waals surface area contributed by atoms with Gasteiger partial charge in [0.25, 0.3) is 0 Å². The smallest absolute Gasteiger partial charge is 0.416 e. The molecule has 1 aromatic heterocycles. The molecule has 0 spiro atoms. The van der Waals surface area contributed by atoms with E-state index in [0.717, 1.165) is 17.9 Å². The third-order valence-electron chi connectivity index (χ3n) is 6.56. The van der Waals surface area contributed by atoms with Crippen LogP contribution in [0, 0.1) is 5.92 Å². The van der Waals surface area contributed by atoms with Gasteiger partial charge in [0.2, 0.25) is 0 Å². The second-order valence-corrected chi connectivity index (χ2v) is 10.2. The molecule has 0 amide bonds. The van der Waals surface area contributed by atoms with Gasteiger partial charge in [0.1, 0.15) is 0 Å². The fraction of sp³-hybridized carbons (Fsp3) is 0.424. The second-order valence-electron chi connectivity index (χ2n) is 9.67. The summed E-state index contributed by atoms with van der Waals surface area (Å²) < 4.78 is 43.0. The van der Waals surface area contributed by atoms with Gasteiger partial charge >= 0.3 is 6.18 Å². The molecule has 2 aromatic rings. The highest BCUT2D eigenvalue weighted by molar-refractivity contribution is 6.31. The summed E-state index contributed by atoms with van der Waals surface area (Å²) in [6.07, 6.45) is 6.71. The zero-order valence-corrected chi connectivity index (χ0v) is 24.0. The normalized spacial score (nSPS) is 18.3. The summed E-state index contributed by atoms with van der Waals surface area (Å²) in [7, 11) is 0. The Kier molecular flexibility index (Phi) is 16.5. The lowest BCUT2D eigenvalue weighted by molar-refractivity contribution is -0.113. The second kappa shape index (κ2) is 17.7. The van der Waals surface area contributed by atoms with Crippen molar-refractivity contribution >= 4 is 23.0 Å². The van der Waals surface area contributed by atoms with Gasteiger partial charge in [-0.25, -0.2) is 0 Å². The molecule has 2 nitrogen and oxygen atoms in total. The molecule has 0 unspecified atom stereocenters. The summed E-state index contributed by atoms with van der Waals surface area (Å²) in [5, 5.41) is 0.581. The Labute approximate surface area is 238 Å². The van der Waals surface area contributed by atoms with Crippen LogP contribution in [0.15, 0.2) is 93.8 Å². The largest absolute Gasteiger partial charge is 0.472 e. The average molecular weight is 565 g/mol. The highest BCUT2D eigenvalue weighted by Gasteiger charge is 2.34. The summed E-state index contributed by atoms with van der Waals surface area (Å²) in [5.41, 5.74) is 2.51. The maximum Gasteiger partial charge on any atom is 0.416 e. The highest BCUT2D eigenvalue weighted by atomic mass is 35.5. The Hall–Kier alpha value is -2.79. The third-order valence-corrected chi connectivity index (χ3v) is 6.85. The van der Waals surface area contributed by atoms with Gasteiger partial charge in [-0.05, 0) is 88.1 Å². The Morgan fingerprint density at radius 3 is 1.95 bits per heavy atom. The van der Waals surface area contributed by atoms with Crippen molar-refractivity contribution in [1.29, 1.82) is 0 Å². The van der Waals surface area contributed by atoms with Gasteiger partial charge in [0.15, 0.2) is 5.78 Å². The minimum atomic E-state index is -4.40. The van der Waals surface area contributed by atoms with Gasteiger partial charge in [-0.15, -0.1) is 0 Å². The summed E-state index contributed by atoms with van der Waals surface area (Å²) in [4.78, 5) is 10.4. The first-order valence-electron chi connectivity index (χ1n) is 12.8. The fourth-order valence-electron chi connectivity index (χ4n) is 3.93. The summed E-state index contributed by atoms with van der Waals surface area (Å²) in [5.74, 6) is 1.84. The van der Waals surface area contributed by atoms with E-state index in [1.165, 1.54) is 52.1 Å². The van der Waals surface area contributed by atoms with Gasteiger partial charge in [0.05, 0.1) is 18.1 Å². The molecule has 1 heterocycles. The van der Waals surface area contributed by atoms with Crippen LogP contribution in [0.4, 0.5) is 13.2 Å². The number of Topliss-reactive ketones (excluding diaryl/α,β-unsaturated/α-hetero) is 1. The van der Waals surface area contributed by atoms with Gasteiger partial charge in [-0.1, -0.05) is 81.8 Å². The van der Waals surface area contributed by atoms with Crippen LogP contribution in [-0.2, 0) is 4.79 Å². The number of benzene rings is 1. The molecular formula is C33H44ClF3O2. The number of hydrogen-bond donors (Lipinski definition) is 0. The molecule has 1 aliphatic carbocycles. The van der Waals surface area contributed by atoms with E-state index in [9.17, 15) is 18.0 Å². The predicted octanol–water partition coefficient (Wildman–Crippen LogP) is 11.5. The summed E-state index contributed by atoms with van der Waals surface area (Å²) in [6, 6.07) is 12.6. The van der Waals surface area contributed by atoms with Crippen LogP contribution < -0.4 is 0 Å². The van der Waals surface area contributed by atoms with Crippen LogP contribution in [0.3, 0.4) is 0 Å². The van der Waals surface area contributed by atoms with E-state index in [4.69, 9.17) is 16.0 Å². The minimum absolute atomic E-state index is 0. The number of ketones is 1. The lowest BCUT2D eigenvalue weighted by Gasteiger charge is -2.26. The van der Waals surface area contributed by atoms with E-state index in [1.807, 2.05) is 0 Å². The van der Waals surface area contributed by atoms with Crippen molar-refractivity contribution in [3.8, 4) is 0 Å². The predicted molar refractivity (Wildman–Crippen MR) is 160 cm³/mol. The maximum absolute atomic E-state index is 12.7. The SMILES string of the molecule is C.C=C(C)/C(=C\C(=C/C)c1ccoc1)C(F)(F)F.CC(=O)/C(C)=C(/C)Cl.CC1CCC(c2ccccc2)CC1. The number of carbonyl (C=O) groups is 1. The Balaban J connectivity index is 0.000000584. The van der Waals surface area contributed by atoms with Gasteiger partial charge < -0.3 is 4.42 Å². The number of furan rings is 1. The molecule has 1 aromatic carbocycles. The van der Waals surface area contributed by atoms with E-state index in [-0.39, 0.29) is 18.8 Å². The van der Waals surface area contributed by atoms with Crippen LogP contribution >= 0.6 is 11.6 Å². The number of rotatable bonds is 5. The van der Waals surface area contributed by atoms with E-state index in [0.29, 0.717) is 21.7 Å². The molecule has 216 valence electrons. The zero-order chi connectivity index (χ0) is 28.9. The molecule has 0 saturated heterocycles. The quantitative estimate of drug-likeness (QED) is 0.267. The first-order chi connectivity index (χ1) is 17.8. The summed E-state index contributed by atoms with van der Waals surface area (Å²) >= 11 is 5.48. The monoisotopic (exact) mass is 564 g/mol. The molecular weight excluding hydrogens is 521 g/mol. The Bertz CT molecular complexity index is 1100. The molecule has 1 fully saturated rings. The van der Waals surface area contributed by atoms with Crippen molar-refractivity contribution in [1.82, 2.24) is 0 Å². The first kappa shape index (κ1) is 36.2. The molecule has 1 aliphatic rings. The van der Waals surface area contributed by atoms with Crippen molar-refractivity contribution < 1.29 is 22.4 Å². The van der Waals surface area contributed by atoms with E-state index in [1.54, 1.807) is 38.5 Å². The van der Waals surface area contributed by atoms with Gasteiger partial charge in [0, 0.05) is 16.2 Å². The fourth-order valence-corrected chi connectivity index (χ4v) is 4.06. The third kappa shape index (κ3) is 13.2. The van der Waals surface area contributed by atoms with E-state index < -0.39 is 11.7 Å². The lowest BCUT2D eigenvalue weighted by Crippen LogP contribution is -2.12. The molecule has 39 heavy (non-hydrogen) atoms. The number of halogens is 4. The van der Waals surface area contributed by atoms with Gasteiger partial charge in [-0.2, -0.15) is 13.2 Å². The zero-order valence-electron chi connectivity index (χ0n) is 23.3. The van der Waals surface area contributed by atoms with E-state index in [2.05, 4.69) is 43.8 Å². The van der Waals surface area contributed by atoms with E-state index >= 15 is 0 Å². The van der Waals surface area contributed by atoms with Crippen LogP contribution in [0.2, 0.25) is 0 Å². The number of allylic oxidation sites excluding steroid dienone is 7. The Morgan fingerprint density at radius 1 is 1.03 bits per heavy atom. The molecule has 0 atom stereocenters. The van der Waals surface area contributed by atoms with Crippen LogP contribution in [-0.4, -0.2) is 12.0 Å². The van der Waals surface area contributed by atoms with Crippen molar-refractivity contribution in [3.05, 3.63) is 101 Å². The molecule has 0 aliphatic heterocycles.